The Hall–Kier alpha value is -2.26. The number of carbonyl (C=O) groups excluding carboxylic acids is 1. The first-order valence-corrected chi connectivity index (χ1v) is 5.31. The van der Waals surface area contributed by atoms with Crippen LogP contribution < -0.4 is 11.2 Å². The normalized spacial score (nSPS) is 13.2. The van der Waals surface area contributed by atoms with Gasteiger partial charge in [-0.15, -0.1) is 0 Å². The molecule has 0 atom stereocenters. The molecule has 0 saturated heterocycles. The van der Waals surface area contributed by atoms with E-state index in [9.17, 15) is 31.1 Å². The molecular weight excluding hydrogens is 304 g/mol. The van der Waals surface area contributed by atoms with E-state index in [4.69, 9.17) is 5.73 Å². The molecule has 0 aliphatic rings. The Balaban J connectivity index is 3.39. The number of nitrogens with two attached hydrogens (primary N) is 1. The van der Waals surface area contributed by atoms with E-state index in [0.29, 0.717) is 12.1 Å². The largest absolute Gasteiger partial charge is 0.416 e. The summed E-state index contributed by atoms with van der Waals surface area (Å²) >= 11 is 0. The Morgan fingerprint density at radius 3 is 1.81 bits per heavy atom. The lowest BCUT2D eigenvalue weighted by atomic mass is 10.0. The number of alkyl halides is 6. The molecule has 0 radical (unpaired) electrons. The number of nitrogens with one attached hydrogen (secondary N) is 1. The molecule has 3 N–H and O–H groups in total. The summed E-state index contributed by atoms with van der Waals surface area (Å²) in [7, 11) is 0. The van der Waals surface area contributed by atoms with Crippen molar-refractivity contribution in [2.75, 3.05) is 0 Å². The number of nitrogens with zero attached hydrogens (tertiary/aromatic N) is 1. The van der Waals surface area contributed by atoms with Gasteiger partial charge < -0.3 is 5.73 Å². The van der Waals surface area contributed by atoms with Crippen molar-refractivity contribution in [3.8, 4) is 0 Å². The minimum Gasteiger partial charge on any atom is -0.350 e. The smallest absolute Gasteiger partial charge is 0.350 e. The highest BCUT2D eigenvalue weighted by Crippen LogP contribution is 2.36. The number of benzene rings is 1. The molecule has 21 heavy (non-hydrogen) atoms. The summed E-state index contributed by atoms with van der Waals surface area (Å²) in [6.07, 6.45) is -9.90. The molecule has 116 valence electrons. The van der Waals surface area contributed by atoms with E-state index in [1.165, 1.54) is 0 Å². The highest BCUT2D eigenvalue weighted by Gasteiger charge is 2.37. The first-order chi connectivity index (χ1) is 9.41. The zero-order valence-electron chi connectivity index (χ0n) is 10.4. The van der Waals surface area contributed by atoms with Gasteiger partial charge in [0.05, 0.1) is 16.8 Å². The van der Waals surface area contributed by atoms with Crippen LogP contribution in [0.25, 0.3) is 0 Å². The van der Waals surface area contributed by atoms with E-state index in [1.807, 2.05) is 0 Å². The number of hydrogen-bond acceptors (Lipinski definition) is 2. The van der Waals surface area contributed by atoms with Crippen LogP contribution in [0.2, 0.25) is 0 Å². The van der Waals surface area contributed by atoms with Gasteiger partial charge in [0, 0.05) is 0 Å². The summed E-state index contributed by atoms with van der Waals surface area (Å²) in [5.41, 5.74) is 2.78. The lowest BCUT2D eigenvalue weighted by molar-refractivity contribution is -0.143. The SMILES string of the molecule is CC(=NNC(N)=O)c1cc(C(F)(F)F)cc(C(F)(F)F)c1. The quantitative estimate of drug-likeness (QED) is 0.492. The van der Waals surface area contributed by atoms with Crippen molar-refractivity contribution in [3.05, 3.63) is 34.9 Å². The highest BCUT2D eigenvalue weighted by molar-refractivity contribution is 5.99. The molecule has 0 fully saturated rings. The van der Waals surface area contributed by atoms with Gasteiger partial charge in [-0.1, -0.05) is 0 Å². The van der Waals surface area contributed by atoms with Crippen LogP contribution in [0.4, 0.5) is 31.1 Å². The molecule has 0 spiro atoms. The second-order valence-corrected chi connectivity index (χ2v) is 3.97. The van der Waals surface area contributed by atoms with E-state index < -0.39 is 35.1 Å². The topological polar surface area (TPSA) is 67.5 Å². The van der Waals surface area contributed by atoms with Crippen LogP contribution >= 0.6 is 0 Å². The van der Waals surface area contributed by atoms with Gasteiger partial charge in [-0.05, 0) is 30.7 Å². The molecule has 2 amide bonds. The van der Waals surface area contributed by atoms with Crippen LogP contribution in [0.1, 0.15) is 23.6 Å². The molecule has 10 heteroatoms. The van der Waals surface area contributed by atoms with Crippen LogP contribution in [0.15, 0.2) is 23.3 Å². The average molecular weight is 313 g/mol. The first kappa shape index (κ1) is 16.8. The molecule has 0 aliphatic heterocycles. The lowest BCUT2D eigenvalue weighted by Gasteiger charge is -2.14. The van der Waals surface area contributed by atoms with Crippen molar-refractivity contribution in [2.45, 2.75) is 19.3 Å². The number of hydrogen-bond donors (Lipinski definition) is 2. The van der Waals surface area contributed by atoms with Crippen molar-refractivity contribution in [3.63, 3.8) is 0 Å². The minimum absolute atomic E-state index is 0.00169. The van der Waals surface area contributed by atoms with Gasteiger partial charge in [0.25, 0.3) is 0 Å². The summed E-state index contributed by atoms with van der Waals surface area (Å²) in [5.74, 6) is 0. The molecule has 0 unspecified atom stereocenters. The number of urea groups is 1. The predicted molar refractivity (Wildman–Crippen MR) is 61.4 cm³/mol. The van der Waals surface area contributed by atoms with Gasteiger partial charge in [-0.25, -0.2) is 10.2 Å². The summed E-state index contributed by atoms with van der Waals surface area (Å²) in [5, 5.41) is 3.30. The molecule has 0 heterocycles. The van der Waals surface area contributed by atoms with Crippen LogP contribution in [-0.4, -0.2) is 11.7 Å². The summed E-state index contributed by atoms with van der Waals surface area (Å²) in [4.78, 5) is 10.4. The van der Waals surface area contributed by atoms with Crippen molar-refractivity contribution in [1.82, 2.24) is 5.43 Å². The fourth-order valence-electron chi connectivity index (χ4n) is 1.37. The molecule has 4 nitrogen and oxygen atoms in total. The summed E-state index contributed by atoms with van der Waals surface area (Å²) < 4.78 is 75.7. The van der Waals surface area contributed by atoms with E-state index in [-0.39, 0.29) is 11.8 Å². The van der Waals surface area contributed by atoms with Gasteiger partial charge in [-0.2, -0.15) is 31.4 Å². The number of carbonyl (C=O) groups is 1. The zero-order valence-corrected chi connectivity index (χ0v) is 10.4. The Kier molecular flexibility index (Phi) is 4.49. The second kappa shape index (κ2) is 5.62. The lowest BCUT2D eigenvalue weighted by Crippen LogP contribution is -2.25. The molecule has 0 saturated carbocycles. The van der Waals surface area contributed by atoms with Gasteiger partial charge in [0.15, 0.2) is 0 Å². The molecule has 1 aromatic rings. The molecule has 0 bridgehead atoms. The summed E-state index contributed by atoms with van der Waals surface area (Å²) in [6, 6.07) is -0.108. The monoisotopic (exact) mass is 313 g/mol. The Morgan fingerprint density at radius 2 is 1.48 bits per heavy atom. The van der Waals surface area contributed by atoms with E-state index in [0.717, 1.165) is 6.92 Å². The Bertz CT molecular complexity index is 544. The van der Waals surface area contributed by atoms with Gasteiger partial charge >= 0.3 is 18.4 Å². The second-order valence-electron chi connectivity index (χ2n) is 3.97. The first-order valence-electron chi connectivity index (χ1n) is 5.31. The van der Waals surface area contributed by atoms with Crippen LogP contribution in [0.3, 0.4) is 0 Å². The van der Waals surface area contributed by atoms with E-state index >= 15 is 0 Å². The van der Waals surface area contributed by atoms with Gasteiger partial charge in [-0.3, -0.25) is 0 Å². The molecule has 0 aromatic heterocycles. The molecule has 1 rings (SSSR count). The maximum Gasteiger partial charge on any atom is 0.416 e. The van der Waals surface area contributed by atoms with Crippen molar-refractivity contribution in [2.24, 2.45) is 10.8 Å². The van der Waals surface area contributed by atoms with Crippen molar-refractivity contribution >= 4 is 11.7 Å². The Labute approximate surface area is 114 Å². The third-order valence-electron chi connectivity index (χ3n) is 2.34. The third kappa shape index (κ3) is 4.65. The maximum absolute atomic E-state index is 12.6. The minimum atomic E-state index is -4.95. The number of amides is 2. The molecule has 0 aliphatic carbocycles. The number of rotatable bonds is 2. The predicted octanol–water partition coefficient (Wildman–Crippen LogP) is 3.12. The summed E-state index contributed by atoms with van der Waals surface area (Å²) in [6.45, 7) is 1.13. The van der Waals surface area contributed by atoms with E-state index in [1.54, 1.807) is 5.43 Å². The van der Waals surface area contributed by atoms with E-state index in [2.05, 4.69) is 5.10 Å². The molecule has 1 aromatic carbocycles. The van der Waals surface area contributed by atoms with Crippen LogP contribution in [0, 0.1) is 0 Å². The number of primary amides is 1. The Morgan fingerprint density at radius 1 is 1.05 bits per heavy atom. The fourth-order valence-corrected chi connectivity index (χ4v) is 1.37. The van der Waals surface area contributed by atoms with Crippen molar-refractivity contribution in [1.29, 1.82) is 0 Å². The average Bonchev–Trinajstić information content (AvgIpc) is 2.33. The van der Waals surface area contributed by atoms with Gasteiger partial charge in [0.1, 0.15) is 0 Å². The highest BCUT2D eigenvalue weighted by atomic mass is 19.4. The van der Waals surface area contributed by atoms with Crippen molar-refractivity contribution < 1.29 is 31.1 Å². The van der Waals surface area contributed by atoms with Gasteiger partial charge in [0.2, 0.25) is 0 Å². The van der Waals surface area contributed by atoms with Crippen LogP contribution in [-0.2, 0) is 12.4 Å². The maximum atomic E-state index is 12.6. The van der Waals surface area contributed by atoms with Crippen LogP contribution in [0.5, 0.6) is 0 Å². The standard InChI is InChI=1S/C11H9F6N3O/c1-5(19-20-9(18)21)6-2-7(10(12,13)14)4-8(3-6)11(15,16)17/h2-4H,1H3,(H3,18,20,21). The zero-order chi connectivity index (χ0) is 16.4. The third-order valence-corrected chi connectivity index (χ3v) is 2.34. The molecular formula is C11H9F6N3O. The number of hydrazone groups is 1. The number of halogens is 6. The fraction of sp³-hybridized carbons (Fsp3) is 0.273.